The van der Waals surface area contributed by atoms with E-state index in [1.54, 1.807) is 52.1 Å². The first-order valence-corrected chi connectivity index (χ1v) is 10.3. The van der Waals surface area contributed by atoms with E-state index in [1.807, 2.05) is 6.07 Å². The van der Waals surface area contributed by atoms with Gasteiger partial charge in [-0.15, -0.1) is 0 Å². The number of hydrogen-bond donors (Lipinski definition) is 1. The zero-order valence-corrected chi connectivity index (χ0v) is 16.4. The topological polar surface area (TPSA) is 92.8 Å². The molecule has 1 aliphatic rings. The van der Waals surface area contributed by atoms with Crippen LogP contribution in [0.5, 0.6) is 0 Å². The van der Waals surface area contributed by atoms with Crippen LogP contribution in [-0.2, 0) is 19.4 Å². The molecule has 7 nitrogen and oxygen atoms in total. The number of hydrogen-bond acceptors (Lipinski definition) is 5. The molecule has 0 bridgehead atoms. The maximum absolute atomic E-state index is 13.0. The summed E-state index contributed by atoms with van der Waals surface area (Å²) < 4.78 is 28.7. The molecule has 144 valence electrons. The first-order chi connectivity index (χ1) is 12.0. The molecule has 0 saturated carbocycles. The summed E-state index contributed by atoms with van der Waals surface area (Å²) in [6.07, 6.45) is -0.300. The van der Waals surface area contributed by atoms with Gasteiger partial charge in [0, 0.05) is 13.1 Å². The number of amides is 2. The molecule has 0 radical (unpaired) electrons. The lowest BCUT2D eigenvalue weighted by molar-refractivity contribution is -0.134. The van der Waals surface area contributed by atoms with Crippen LogP contribution in [0.2, 0.25) is 0 Å². The van der Waals surface area contributed by atoms with Crippen molar-refractivity contribution in [3.8, 4) is 0 Å². The van der Waals surface area contributed by atoms with Crippen LogP contribution in [0.3, 0.4) is 0 Å². The molecular weight excluding hydrogens is 356 g/mol. The lowest BCUT2D eigenvalue weighted by Crippen LogP contribution is -2.46. The molecular formula is C18H26N2O5S. The van der Waals surface area contributed by atoms with Gasteiger partial charge in [-0.3, -0.25) is 4.79 Å². The number of likely N-dealkylation sites (N-methyl/N-ethyl adjacent to an activating group) is 1. The summed E-state index contributed by atoms with van der Waals surface area (Å²) in [5.74, 6) is -0.349. The minimum atomic E-state index is -3.12. The number of benzene rings is 1. The van der Waals surface area contributed by atoms with Crippen molar-refractivity contribution in [2.75, 3.05) is 18.6 Å². The lowest BCUT2D eigenvalue weighted by atomic mass is 10.0. The Bertz CT molecular complexity index is 756. The Hall–Kier alpha value is -2.09. The molecule has 26 heavy (non-hydrogen) atoms. The Morgan fingerprint density at radius 1 is 1.23 bits per heavy atom. The molecule has 1 N–H and O–H groups in total. The Morgan fingerprint density at radius 2 is 1.85 bits per heavy atom. The largest absolute Gasteiger partial charge is 0.444 e. The molecule has 1 heterocycles. The van der Waals surface area contributed by atoms with Gasteiger partial charge in [0.15, 0.2) is 9.84 Å². The molecule has 1 aromatic carbocycles. The SMILES string of the molecule is CN(C(=O)C(NC(=O)OC(C)(C)C)c1ccccc1)C1CCS(=O)(=O)C1. The quantitative estimate of drug-likeness (QED) is 0.858. The number of nitrogens with one attached hydrogen (secondary N) is 1. The standard InChI is InChI=1S/C18H26N2O5S/c1-18(2,3)25-17(22)19-15(13-8-6-5-7-9-13)16(21)20(4)14-10-11-26(23,24)12-14/h5-9,14-15H,10-12H2,1-4H3,(H,19,22). The molecule has 0 aliphatic carbocycles. The summed E-state index contributed by atoms with van der Waals surface area (Å²) in [4.78, 5) is 26.6. The minimum absolute atomic E-state index is 0.0524. The van der Waals surface area contributed by atoms with Gasteiger partial charge in [-0.2, -0.15) is 0 Å². The molecule has 1 saturated heterocycles. The van der Waals surface area contributed by atoms with E-state index in [-0.39, 0.29) is 23.5 Å². The number of ether oxygens (including phenoxy) is 1. The highest BCUT2D eigenvalue weighted by molar-refractivity contribution is 7.91. The van der Waals surface area contributed by atoms with E-state index in [4.69, 9.17) is 4.74 Å². The summed E-state index contributed by atoms with van der Waals surface area (Å²) >= 11 is 0. The smallest absolute Gasteiger partial charge is 0.408 e. The van der Waals surface area contributed by atoms with Crippen LogP contribution in [0.15, 0.2) is 30.3 Å². The molecule has 2 atom stereocenters. The first-order valence-electron chi connectivity index (χ1n) is 8.50. The van der Waals surface area contributed by atoms with E-state index < -0.39 is 27.6 Å². The Labute approximate surface area is 154 Å². The monoisotopic (exact) mass is 382 g/mol. The molecule has 1 aliphatic heterocycles. The number of sulfone groups is 1. The van der Waals surface area contributed by atoms with Gasteiger partial charge in [-0.1, -0.05) is 30.3 Å². The Balaban J connectivity index is 2.20. The van der Waals surface area contributed by atoms with Gasteiger partial charge in [0.2, 0.25) is 5.91 Å². The molecule has 8 heteroatoms. The summed E-state index contributed by atoms with van der Waals surface area (Å²) in [6.45, 7) is 5.21. The van der Waals surface area contributed by atoms with Crippen LogP contribution >= 0.6 is 0 Å². The molecule has 2 rings (SSSR count). The van der Waals surface area contributed by atoms with Gasteiger partial charge in [0.1, 0.15) is 11.6 Å². The maximum Gasteiger partial charge on any atom is 0.408 e. The second kappa shape index (κ2) is 7.65. The van der Waals surface area contributed by atoms with Crippen molar-refractivity contribution in [3.63, 3.8) is 0 Å². The van der Waals surface area contributed by atoms with Gasteiger partial charge in [-0.05, 0) is 32.8 Å². The van der Waals surface area contributed by atoms with Gasteiger partial charge >= 0.3 is 6.09 Å². The van der Waals surface area contributed by atoms with Crippen molar-refractivity contribution in [3.05, 3.63) is 35.9 Å². The summed E-state index contributed by atoms with van der Waals surface area (Å²) in [5.41, 5.74) is -0.0872. The van der Waals surface area contributed by atoms with Crippen LogP contribution in [-0.4, -0.2) is 55.5 Å². The lowest BCUT2D eigenvalue weighted by Gasteiger charge is -2.29. The number of carbonyl (C=O) groups is 2. The molecule has 0 spiro atoms. The van der Waals surface area contributed by atoms with Crippen LogP contribution in [0.1, 0.15) is 38.8 Å². The number of carbonyl (C=O) groups excluding carboxylic acids is 2. The molecule has 1 aromatic rings. The predicted molar refractivity (Wildman–Crippen MR) is 98.4 cm³/mol. The van der Waals surface area contributed by atoms with Crippen molar-refractivity contribution in [1.29, 1.82) is 0 Å². The average molecular weight is 382 g/mol. The minimum Gasteiger partial charge on any atom is -0.444 e. The van der Waals surface area contributed by atoms with E-state index in [0.717, 1.165) is 0 Å². The van der Waals surface area contributed by atoms with Gasteiger partial charge in [0.05, 0.1) is 11.5 Å². The fourth-order valence-corrected chi connectivity index (χ4v) is 4.60. The van der Waals surface area contributed by atoms with Crippen LogP contribution in [0.25, 0.3) is 0 Å². The van der Waals surface area contributed by atoms with Crippen molar-refractivity contribution in [1.82, 2.24) is 10.2 Å². The van der Waals surface area contributed by atoms with Crippen molar-refractivity contribution in [2.24, 2.45) is 0 Å². The third-order valence-electron chi connectivity index (χ3n) is 4.14. The second-order valence-corrected chi connectivity index (χ2v) is 9.72. The molecule has 2 unspecified atom stereocenters. The van der Waals surface area contributed by atoms with E-state index in [0.29, 0.717) is 12.0 Å². The summed E-state index contributed by atoms with van der Waals surface area (Å²) in [6, 6.07) is 7.49. The fourth-order valence-electron chi connectivity index (χ4n) is 2.82. The number of alkyl carbamates (subject to hydrolysis) is 1. The van der Waals surface area contributed by atoms with E-state index in [2.05, 4.69) is 5.32 Å². The van der Waals surface area contributed by atoms with Gasteiger partial charge < -0.3 is 15.0 Å². The highest BCUT2D eigenvalue weighted by atomic mass is 32.2. The predicted octanol–water partition coefficient (Wildman–Crippen LogP) is 1.90. The van der Waals surface area contributed by atoms with Crippen molar-refractivity contribution >= 4 is 21.8 Å². The zero-order chi connectivity index (χ0) is 19.5. The summed E-state index contributed by atoms with van der Waals surface area (Å²) in [5, 5.41) is 2.61. The van der Waals surface area contributed by atoms with E-state index in [9.17, 15) is 18.0 Å². The number of nitrogens with zero attached hydrogens (tertiary/aromatic N) is 1. The molecule has 2 amide bonds. The average Bonchev–Trinajstić information content (AvgIpc) is 2.90. The zero-order valence-electron chi connectivity index (χ0n) is 15.6. The van der Waals surface area contributed by atoms with E-state index in [1.165, 1.54) is 4.90 Å². The van der Waals surface area contributed by atoms with Crippen molar-refractivity contribution in [2.45, 2.75) is 44.9 Å². The molecule has 1 fully saturated rings. The normalized spacial score (nSPS) is 20.2. The first kappa shape index (κ1) is 20.2. The van der Waals surface area contributed by atoms with Crippen LogP contribution in [0.4, 0.5) is 4.79 Å². The highest BCUT2D eigenvalue weighted by Crippen LogP contribution is 2.22. The Kier molecular flexibility index (Phi) is 5.95. The van der Waals surface area contributed by atoms with Gasteiger partial charge in [0.25, 0.3) is 0 Å². The maximum atomic E-state index is 13.0. The highest BCUT2D eigenvalue weighted by Gasteiger charge is 2.36. The van der Waals surface area contributed by atoms with Crippen LogP contribution in [0, 0.1) is 0 Å². The Morgan fingerprint density at radius 3 is 2.35 bits per heavy atom. The number of rotatable bonds is 4. The van der Waals surface area contributed by atoms with Gasteiger partial charge in [-0.25, -0.2) is 13.2 Å². The summed E-state index contributed by atoms with van der Waals surface area (Å²) in [7, 11) is -1.55. The molecule has 0 aromatic heterocycles. The third kappa shape index (κ3) is 5.45. The fraction of sp³-hybridized carbons (Fsp3) is 0.556. The van der Waals surface area contributed by atoms with E-state index >= 15 is 0 Å². The van der Waals surface area contributed by atoms with Crippen LogP contribution < -0.4 is 5.32 Å². The second-order valence-electron chi connectivity index (χ2n) is 7.50. The third-order valence-corrected chi connectivity index (χ3v) is 5.90. The van der Waals surface area contributed by atoms with Crippen molar-refractivity contribution < 1.29 is 22.7 Å².